The molecule has 0 atom stereocenters. The number of anilines is 2. The lowest BCUT2D eigenvalue weighted by atomic mass is 10.0. The Kier molecular flexibility index (Phi) is 7.03. The molecule has 0 unspecified atom stereocenters. The molecule has 0 bridgehead atoms. The van der Waals surface area contributed by atoms with Gasteiger partial charge in [-0.15, -0.1) is 0 Å². The molecule has 0 aliphatic carbocycles. The van der Waals surface area contributed by atoms with E-state index in [0.29, 0.717) is 11.4 Å². The summed E-state index contributed by atoms with van der Waals surface area (Å²) in [4.78, 5) is 13.4. The number of carbonyl (C=O) groups is 1. The Morgan fingerprint density at radius 3 is 2.11 bits per heavy atom. The van der Waals surface area contributed by atoms with Crippen LogP contribution in [-0.2, 0) is 14.8 Å². The van der Waals surface area contributed by atoms with Crippen LogP contribution in [0, 0.1) is 20.8 Å². The third-order valence-corrected chi connectivity index (χ3v) is 7.75. The zero-order valence-corrected chi connectivity index (χ0v) is 20.8. The van der Waals surface area contributed by atoms with Crippen molar-refractivity contribution in [2.24, 2.45) is 0 Å². The number of carbonyl (C=O) groups excluding carboxylic acids is 1. The van der Waals surface area contributed by atoms with Crippen LogP contribution in [0.25, 0.3) is 11.1 Å². The van der Waals surface area contributed by atoms with Crippen molar-refractivity contribution >= 4 is 27.3 Å². The van der Waals surface area contributed by atoms with Gasteiger partial charge in [-0.3, -0.25) is 9.10 Å². The summed E-state index contributed by atoms with van der Waals surface area (Å²) >= 11 is 0. The Balaban J connectivity index is 1.69. The van der Waals surface area contributed by atoms with Crippen LogP contribution in [0.3, 0.4) is 0 Å². The molecule has 0 aromatic heterocycles. The average Bonchev–Trinajstić information content (AvgIpc) is 2.85. The summed E-state index contributed by atoms with van der Waals surface area (Å²) < 4.78 is 28.5. The van der Waals surface area contributed by atoms with E-state index in [2.05, 4.69) is 5.32 Å². The van der Waals surface area contributed by atoms with Crippen LogP contribution >= 0.6 is 0 Å². The highest BCUT2D eigenvalue weighted by Gasteiger charge is 2.27. The van der Waals surface area contributed by atoms with Gasteiger partial charge >= 0.3 is 0 Å². The molecule has 0 saturated heterocycles. The van der Waals surface area contributed by atoms with Gasteiger partial charge in [0.15, 0.2) is 0 Å². The van der Waals surface area contributed by atoms with Gasteiger partial charge in [0.05, 0.1) is 10.6 Å². The Labute approximate surface area is 207 Å². The van der Waals surface area contributed by atoms with E-state index in [1.165, 1.54) is 4.31 Å². The van der Waals surface area contributed by atoms with Crippen molar-refractivity contribution in [2.45, 2.75) is 25.7 Å². The van der Waals surface area contributed by atoms with Crippen molar-refractivity contribution in [3.63, 3.8) is 0 Å². The second-order valence-corrected chi connectivity index (χ2v) is 10.4. The molecule has 4 aromatic carbocycles. The fourth-order valence-corrected chi connectivity index (χ4v) is 5.23. The van der Waals surface area contributed by atoms with Gasteiger partial charge in [-0.1, -0.05) is 72.3 Å². The van der Waals surface area contributed by atoms with Crippen LogP contribution in [0.2, 0.25) is 0 Å². The largest absolute Gasteiger partial charge is 0.324 e. The van der Waals surface area contributed by atoms with Crippen LogP contribution in [0.15, 0.2) is 102 Å². The number of nitrogens with one attached hydrogen (secondary N) is 1. The molecule has 5 nitrogen and oxygen atoms in total. The number of hydrogen-bond acceptors (Lipinski definition) is 3. The second kappa shape index (κ2) is 10.2. The molecule has 0 aliphatic heterocycles. The third-order valence-electron chi connectivity index (χ3n) is 5.96. The van der Waals surface area contributed by atoms with Gasteiger partial charge in [-0.2, -0.15) is 0 Å². The first-order valence-electron chi connectivity index (χ1n) is 11.4. The molecule has 0 saturated carbocycles. The van der Waals surface area contributed by atoms with Gasteiger partial charge in [-0.25, -0.2) is 8.42 Å². The Bertz CT molecular complexity index is 1450. The molecule has 0 radical (unpaired) electrons. The van der Waals surface area contributed by atoms with Gasteiger partial charge in [0.2, 0.25) is 5.91 Å². The van der Waals surface area contributed by atoms with Gasteiger partial charge in [-0.05, 0) is 67.8 Å². The van der Waals surface area contributed by atoms with E-state index in [0.717, 1.165) is 27.8 Å². The maximum Gasteiger partial charge on any atom is 0.264 e. The monoisotopic (exact) mass is 484 g/mol. The minimum atomic E-state index is -3.98. The third kappa shape index (κ3) is 5.44. The predicted octanol–water partition coefficient (Wildman–Crippen LogP) is 6.11. The van der Waals surface area contributed by atoms with Gasteiger partial charge in [0, 0.05) is 11.3 Å². The van der Waals surface area contributed by atoms with E-state index < -0.39 is 15.9 Å². The first kappa shape index (κ1) is 24.2. The number of hydrogen-bond donors (Lipinski definition) is 1. The summed E-state index contributed by atoms with van der Waals surface area (Å²) in [5, 5.41) is 2.92. The summed E-state index contributed by atoms with van der Waals surface area (Å²) in [6.45, 7) is 5.42. The molecular formula is C29H28N2O3S. The smallest absolute Gasteiger partial charge is 0.264 e. The number of para-hydroxylation sites is 1. The van der Waals surface area contributed by atoms with Crippen LogP contribution in [0.1, 0.15) is 16.7 Å². The number of nitrogens with zero attached hydrogens (tertiary/aromatic N) is 1. The lowest BCUT2D eigenvalue weighted by Crippen LogP contribution is -2.38. The summed E-state index contributed by atoms with van der Waals surface area (Å²) in [6, 6.07) is 29.3. The zero-order chi connectivity index (χ0) is 25.0. The molecular weight excluding hydrogens is 456 g/mol. The first-order valence-corrected chi connectivity index (χ1v) is 12.8. The SMILES string of the molecule is Cc1ccc(S(=O)(=O)N(CC(=O)Nc2ccccc2-c2ccccc2)c2ccc(C)c(C)c2)cc1. The summed E-state index contributed by atoms with van der Waals surface area (Å²) in [5.41, 5.74) is 5.83. The Hall–Kier alpha value is -3.90. The molecule has 178 valence electrons. The molecule has 1 N–H and O–H groups in total. The van der Waals surface area contributed by atoms with E-state index in [9.17, 15) is 13.2 Å². The number of aryl methyl sites for hydroxylation is 3. The van der Waals surface area contributed by atoms with Crippen molar-refractivity contribution in [3.8, 4) is 11.1 Å². The van der Waals surface area contributed by atoms with Crippen molar-refractivity contribution in [1.29, 1.82) is 0 Å². The molecule has 4 rings (SSSR count). The van der Waals surface area contributed by atoms with Crippen molar-refractivity contribution in [2.75, 3.05) is 16.2 Å². The average molecular weight is 485 g/mol. The minimum absolute atomic E-state index is 0.138. The topological polar surface area (TPSA) is 66.5 Å². The van der Waals surface area contributed by atoms with E-state index in [4.69, 9.17) is 0 Å². The molecule has 0 heterocycles. The van der Waals surface area contributed by atoms with Gasteiger partial charge in [0.25, 0.3) is 10.0 Å². The van der Waals surface area contributed by atoms with E-state index in [1.54, 1.807) is 36.4 Å². The Morgan fingerprint density at radius 2 is 1.43 bits per heavy atom. The highest BCUT2D eigenvalue weighted by molar-refractivity contribution is 7.92. The van der Waals surface area contributed by atoms with E-state index >= 15 is 0 Å². The summed E-state index contributed by atoms with van der Waals surface area (Å²) in [5.74, 6) is -0.428. The number of amides is 1. The van der Waals surface area contributed by atoms with Crippen LogP contribution in [0.5, 0.6) is 0 Å². The summed E-state index contributed by atoms with van der Waals surface area (Å²) in [6.07, 6.45) is 0. The van der Waals surface area contributed by atoms with E-state index in [1.807, 2.05) is 81.4 Å². The number of benzene rings is 4. The Morgan fingerprint density at radius 1 is 0.771 bits per heavy atom. The van der Waals surface area contributed by atoms with Crippen LogP contribution in [-0.4, -0.2) is 20.9 Å². The van der Waals surface area contributed by atoms with Gasteiger partial charge < -0.3 is 5.32 Å². The second-order valence-electron chi connectivity index (χ2n) is 8.55. The molecule has 35 heavy (non-hydrogen) atoms. The summed E-state index contributed by atoms with van der Waals surface area (Å²) in [7, 11) is -3.98. The fourth-order valence-electron chi connectivity index (χ4n) is 3.81. The lowest BCUT2D eigenvalue weighted by molar-refractivity contribution is -0.114. The molecule has 6 heteroatoms. The maximum absolute atomic E-state index is 13.7. The highest BCUT2D eigenvalue weighted by Crippen LogP contribution is 2.29. The normalized spacial score (nSPS) is 11.2. The number of sulfonamides is 1. The standard InChI is InChI=1S/C29H28N2O3S/c1-21-13-17-26(18-14-21)35(33,34)31(25-16-15-22(2)23(3)19-25)20-29(32)30-28-12-8-7-11-27(28)24-9-5-4-6-10-24/h4-19H,20H2,1-3H3,(H,30,32). The molecule has 0 fully saturated rings. The zero-order valence-electron chi connectivity index (χ0n) is 20.0. The lowest BCUT2D eigenvalue weighted by Gasteiger charge is -2.25. The number of rotatable bonds is 7. The van der Waals surface area contributed by atoms with Crippen LogP contribution in [0.4, 0.5) is 11.4 Å². The minimum Gasteiger partial charge on any atom is -0.324 e. The van der Waals surface area contributed by atoms with Crippen LogP contribution < -0.4 is 9.62 Å². The van der Waals surface area contributed by atoms with Crippen molar-refractivity contribution < 1.29 is 13.2 Å². The first-order chi connectivity index (χ1) is 16.8. The van der Waals surface area contributed by atoms with E-state index in [-0.39, 0.29) is 11.4 Å². The highest BCUT2D eigenvalue weighted by atomic mass is 32.2. The quantitative estimate of drug-likeness (QED) is 0.344. The molecule has 0 spiro atoms. The van der Waals surface area contributed by atoms with Crippen molar-refractivity contribution in [1.82, 2.24) is 0 Å². The molecule has 0 aliphatic rings. The molecule has 1 amide bonds. The van der Waals surface area contributed by atoms with Crippen molar-refractivity contribution in [3.05, 3.63) is 114 Å². The van der Waals surface area contributed by atoms with Gasteiger partial charge in [0.1, 0.15) is 6.54 Å². The maximum atomic E-state index is 13.7. The predicted molar refractivity (Wildman–Crippen MR) is 142 cm³/mol. The molecule has 4 aromatic rings. The fraction of sp³-hybridized carbons (Fsp3) is 0.138.